The quantitative estimate of drug-likeness (QED) is 0.548. The number of fused-ring (bicyclic) bond motifs is 1. The predicted octanol–water partition coefficient (Wildman–Crippen LogP) is 3.48. The predicted molar refractivity (Wildman–Crippen MR) is 96.2 cm³/mol. The third-order valence-corrected chi connectivity index (χ3v) is 5.33. The summed E-state index contributed by atoms with van der Waals surface area (Å²) in [5.74, 6) is -0.0255. The zero-order valence-corrected chi connectivity index (χ0v) is 14.6. The lowest BCUT2D eigenvalue weighted by Gasteiger charge is -2.16. The number of carbonyl (C=O) groups excluding carboxylic acids is 1. The first-order valence-electron chi connectivity index (χ1n) is 7.78. The molecular weight excluding hydrogens is 322 g/mol. The molecule has 0 aliphatic heterocycles. The number of carbonyl (C=O) groups is 1. The highest BCUT2D eigenvalue weighted by molar-refractivity contribution is 8.00. The van der Waals surface area contributed by atoms with Crippen LogP contribution in [0.4, 0.5) is 5.69 Å². The molecule has 2 heterocycles. The number of hydrogen-bond donors (Lipinski definition) is 2. The van der Waals surface area contributed by atoms with Gasteiger partial charge in [0.15, 0.2) is 5.65 Å². The molecule has 3 rings (SSSR count). The molecule has 0 unspecified atom stereocenters. The smallest absolute Gasteiger partial charge is 0.237 e. The van der Waals surface area contributed by atoms with Crippen LogP contribution in [-0.4, -0.2) is 31.1 Å². The molecule has 1 amide bonds. The zero-order chi connectivity index (χ0) is 17.1. The van der Waals surface area contributed by atoms with E-state index in [0.29, 0.717) is 12.1 Å². The summed E-state index contributed by atoms with van der Waals surface area (Å²) in [6, 6.07) is 5.91. The molecule has 0 aliphatic carbocycles. The molecule has 24 heavy (non-hydrogen) atoms. The Morgan fingerprint density at radius 2 is 2.12 bits per heavy atom. The van der Waals surface area contributed by atoms with Crippen molar-refractivity contribution >= 4 is 34.5 Å². The van der Waals surface area contributed by atoms with Crippen LogP contribution in [-0.2, 0) is 4.79 Å². The normalized spacial score (nSPS) is 12.3. The second kappa shape index (κ2) is 7.00. The summed E-state index contributed by atoms with van der Waals surface area (Å²) in [5, 5.41) is 3.53. The number of aryl methyl sites for hydroxylation is 1. The van der Waals surface area contributed by atoms with Gasteiger partial charge in [-0.3, -0.25) is 4.79 Å². The number of aromatic amines is 1. The van der Waals surface area contributed by atoms with Gasteiger partial charge in [-0.05, 0) is 37.5 Å². The monoisotopic (exact) mass is 341 g/mol. The molecule has 6 nitrogen and oxygen atoms in total. The Morgan fingerprint density at radius 1 is 1.29 bits per heavy atom. The van der Waals surface area contributed by atoms with E-state index in [9.17, 15) is 4.79 Å². The van der Waals surface area contributed by atoms with Crippen LogP contribution in [0.2, 0.25) is 0 Å². The van der Waals surface area contributed by atoms with Crippen LogP contribution in [0.3, 0.4) is 0 Å². The Bertz CT molecular complexity index is 876. The molecule has 0 bridgehead atoms. The number of amides is 1. The molecule has 0 saturated heterocycles. The summed E-state index contributed by atoms with van der Waals surface area (Å²) in [6.45, 7) is 6.04. The van der Waals surface area contributed by atoms with Crippen molar-refractivity contribution in [3.63, 3.8) is 0 Å². The maximum atomic E-state index is 12.7. The van der Waals surface area contributed by atoms with Crippen LogP contribution < -0.4 is 5.32 Å². The molecule has 2 N–H and O–H groups in total. The van der Waals surface area contributed by atoms with E-state index in [0.717, 1.165) is 27.4 Å². The van der Waals surface area contributed by atoms with Gasteiger partial charge in [0.25, 0.3) is 0 Å². The first-order chi connectivity index (χ1) is 11.6. The van der Waals surface area contributed by atoms with Crippen LogP contribution in [0.15, 0.2) is 35.9 Å². The van der Waals surface area contributed by atoms with Gasteiger partial charge in [-0.1, -0.05) is 30.8 Å². The van der Waals surface area contributed by atoms with Gasteiger partial charge in [0.05, 0.1) is 11.6 Å². The number of nitrogens with one attached hydrogen (secondary N) is 2. The number of imidazole rings is 1. The molecule has 2 aromatic heterocycles. The fraction of sp³-hybridized carbons (Fsp3) is 0.294. The fourth-order valence-corrected chi connectivity index (χ4v) is 3.37. The Balaban J connectivity index is 1.80. The van der Waals surface area contributed by atoms with Gasteiger partial charge in [0.2, 0.25) is 5.91 Å². The van der Waals surface area contributed by atoms with Gasteiger partial charge >= 0.3 is 0 Å². The molecule has 1 atom stereocenters. The largest absolute Gasteiger partial charge is 0.341 e. The number of benzene rings is 1. The minimum absolute atomic E-state index is 0.0255. The van der Waals surface area contributed by atoms with E-state index >= 15 is 0 Å². The van der Waals surface area contributed by atoms with Crippen molar-refractivity contribution in [1.29, 1.82) is 0 Å². The van der Waals surface area contributed by atoms with Crippen LogP contribution in [0, 0.1) is 13.8 Å². The highest BCUT2D eigenvalue weighted by Gasteiger charge is 2.21. The van der Waals surface area contributed by atoms with E-state index in [1.54, 1.807) is 6.33 Å². The van der Waals surface area contributed by atoms with Gasteiger partial charge in [-0.2, -0.15) is 0 Å². The molecule has 7 heteroatoms. The van der Waals surface area contributed by atoms with Crippen molar-refractivity contribution in [1.82, 2.24) is 19.9 Å². The lowest BCUT2D eigenvalue weighted by Crippen LogP contribution is -2.25. The third kappa shape index (κ3) is 3.26. The average Bonchev–Trinajstić information content (AvgIpc) is 3.06. The number of nitrogens with zero attached hydrogens (tertiary/aromatic N) is 3. The molecule has 3 aromatic rings. The first kappa shape index (κ1) is 16.4. The van der Waals surface area contributed by atoms with Gasteiger partial charge < -0.3 is 10.3 Å². The van der Waals surface area contributed by atoms with Crippen LogP contribution in [0.5, 0.6) is 0 Å². The minimum Gasteiger partial charge on any atom is -0.341 e. The Morgan fingerprint density at radius 3 is 2.92 bits per heavy atom. The second-order valence-corrected chi connectivity index (χ2v) is 6.72. The Kier molecular flexibility index (Phi) is 4.80. The third-order valence-electron chi connectivity index (χ3n) is 3.97. The van der Waals surface area contributed by atoms with E-state index in [1.807, 2.05) is 39.0 Å². The maximum absolute atomic E-state index is 12.7. The summed E-state index contributed by atoms with van der Waals surface area (Å²) in [5.41, 5.74) is 4.47. The van der Waals surface area contributed by atoms with Crippen molar-refractivity contribution in [3.05, 3.63) is 42.0 Å². The van der Waals surface area contributed by atoms with Crippen molar-refractivity contribution in [2.75, 3.05) is 5.32 Å². The topological polar surface area (TPSA) is 83.6 Å². The SMILES string of the molecule is CC[C@@H](Sc1ncnc2nc[nH]c12)C(=O)Nc1cccc(C)c1C. The highest BCUT2D eigenvalue weighted by atomic mass is 32.2. The average molecular weight is 341 g/mol. The van der Waals surface area contributed by atoms with E-state index in [4.69, 9.17) is 0 Å². The molecular formula is C17H19N5OS. The molecule has 1 aromatic carbocycles. The summed E-state index contributed by atoms with van der Waals surface area (Å²) in [7, 11) is 0. The van der Waals surface area contributed by atoms with Crippen molar-refractivity contribution in [2.45, 2.75) is 37.5 Å². The lowest BCUT2D eigenvalue weighted by molar-refractivity contribution is -0.115. The number of rotatable bonds is 5. The van der Waals surface area contributed by atoms with E-state index in [-0.39, 0.29) is 11.2 Å². The van der Waals surface area contributed by atoms with Crippen molar-refractivity contribution in [3.8, 4) is 0 Å². The zero-order valence-electron chi connectivity index (χ0n) is 13.8. The van der Waals surface area contributed by atoms with E-state index < -0.39 is 0 Å². The number of hydrogen-bond acceptors (Lipinski definition) is 5. The molecule has 0 saturated carbocycles. The second-order valence-electron chi connectivity index (χ2n) is 5.53. The maximum Gasteiger partial charge on any atom is 0.237 e. The molecule has 0 spiro atoms. The van der Waals surface area contributed by atoms with E-state index in [2.05, 4.69) is 25.3 Å². The van der Waals surface area contributed by atoms with E-state index in [1.165, 1.54) is 18.1 Å². The fourth-order valence-electron chi connectivity index (χ4n) is 2.39. The van der Waals surface area contributed by atoms with Crippen LogP contribution in [0.25, 0.3) is 11.2 Å². The summed E-state index contributed by atoms with van der Waals surface area (Å²) < 4.78 is 0. The number of anilines is 1. The van der Waals surface area contributed by atoms with Crippen molar-refractivity contribution < 1.29 is 4.79 Å². The number of aromatic nitrogens is 4. The number of H-pyrrole nitrogens is 1. The first-order valence-corrected chi connectivity index (χ1v) is 8.66. The van der Waals surface area contributed by atoms with Crippen LogP contribution >= 0.6 is 11.8 Å². The van der Waals surface area contributed by atoms with Gasteiger partial charge in [0.1, 0.15) is 16.9 Å². The van der Waals surface area contributed by atoms with Gasteiger partial charge in [0, 0.05) is 5.69 Å². The molecule has 0 fully saturated rings. The molecule has 0 radical (unpaired) electrons. The summed E-state index contributed by atoms with van der Waals surface area (Å²) in [4.78, 5) is 28.2. The van der Waals surface area contributed by atoms with Gasteiger partial charge in [-0.25, -0.2) is 15.0 Å². The minimum atomic E-state index is -0.244. The Labute approximate surface area is 144 Å². The van der Waals surface area contributed by atoms with Gasteiger partial charge in [-0.15, -0.1) is 0 Å². The standard InChI is InChI=1S/C17H19N5OS/c1-4-13(16(23)22-12-7-5-6-10(2)11(12)3)24-17-14-15(19-8-18-14)20-9-21-17/h5-9,13H,4H2,1-3H3,(H,22,23)(H,18,19,20,21)/t13-/m1/s1. The summed E-state index contributed by atoms with van der Waals surface area (Å²) >= 11 is 1.43. The molecule has 0 aliphatic rings. The molecule has 124 valence electrons. The lowest BCUT2D eigenvalue weighted by atomic mass is 10.1. The highest BCUT2D eigenvalue weighted by Crippen LogP contribution is 2.29. The number of thioether (sulfide) groups is 1. The van der Waals surface area contributed by atoms with Crippen molar-refractivity contribution in [2.24, 2.45) is 0 Å². The van der Waals surface area contributed by atoms with Crippen LogP contribution in [0.1, 0.15) is 24.5 Å². The Hall–Kier alpha value is -2.41. The summed E-state index contributed by atoms with van der Waals surface area (Å²) in [6.07, 6.45) is 3.75.